The molecule has 0 aromatic heterocycles. The molecule has 0 amide bonds. The van der Waals surface area contributed by atoms with Crippen molar-refractivity contribution in [3.8, 4) is 16.2 Å². The van der Waals surface area contributed by atoms with Crippen molar-refractivity contribution in [2.75, 3.05) is 0 Å². The summed E-state index contributed by atoms with van der Waals surface area (Å²) in [5.74, 6) is -0.329. The lowest BCUT2D eigenvalue weighted by Gasteiger charge is -2.23. The van der Waals surface area contributed by atoms with Gasteiger partial charge in [0.15, 0.2) is 0 Å². The zero-order chi connectivity index (χ0) is 16.3. The number of carboxylic acid groups (broad SMARTS) is 1. The quantitative estimate of drug-likeness (QED) is 0.732. The zero-order valence-electron chi connectivity index (χ0n) is 12.3. The van der Waals surface area contributed by atoms with Gasteiger partial charge in [0.25, 0.3) is 0 Å². The lowest BCUT2D eigenvalue weighted by Crippen LogP contribution is -2.18. The van der Waals surface area contributed by atoms with Gasteiger partial charge in [-0.2, -0.15) is 0 Å². The predicted octanol–water partition coefficient (Wildman–Crippen LogP) is 3.90. The lowest BCUT2D eigenvalue weighted by molar-refractivity contribution is 0.0697. The number of carboxylic acids is 1. The van der Waals surface area contributed by atoms with Crippen molar-refractivity contribution in [3.63, 3.8) is 0 Å². The second kappa shape index (κ2) is 4.75. The van der Waals surface area contributed by atoms with Crippen LogP contribution in [0.25, 0.3) is 10.4 Å². The van der Waals surface area contributed by atoms with E-state index in [4.69, 9.17) is 9.73 Å². The number of aromatic carboxylic acids is 1. The molecule has 3 aliphatic heterocycles. The van der Waals surface area contributed by atoms with Crippen LogP contribution in [0, 0.1) is 0 Å². The van der Waals surface area contributed by atoms with Crippen LogP contribution in [-0.4, -0.2) is 21.2 Å². The van der Waals surface area contributed by atoms with Crippen LogP contribution in [0.15, 0.2) is 53.4 Å². The minimum atomic E-state index is -0.960. The molecular formula is C18H10N2O3S. The number of nitrogens with zero attached hydrogens (tertiary/aromatic N) is 2. The van der Waals surface area contributed by atoms with Crippen LogP contribution in [0.4, 0.5) is 5.69 Å². The zero-order valence-corrected chi connectivity index (χ0v) is 13.1. The predicted molar refractivity (Wildman–Crippen MR) is 90.7 cm³/mol. The maximum Gasteiger partial charge on any atom is 0.335 e. The van der Waals surface area contributed by atoms with Crippen LogP contribution in [0.2, 0.25) is 0 Å². The molecule has 0 saturated carbocycles. The number of benzene rings is 1. The molecular weight excluding hydrogens is 324 g/mol. The number of hydrogen-bond donors (Lipinski definition) is 1. The van der Waals surface area contributed by atoms with Crippen molar-refractivity contribution in [1.29, 1.82) is 0 Å². The Hall–Kier alpha value is -2.99. The van der Waals surface area contributed by atoms with Gasteiger partial charge >= 0.3 is 5.97 Å². The third-order valence-electron chi connectivity index (χ3n) is 4.31. The van der Waals surface area contributed by atoms with Crippen molar-refractivity contribution in [3.05, 3.63) is 65.1 Å². The Bertz CT molecular complexity index is 1050. The molecule has 4 aliphatic rings. The van der Waals surface area contributed by atoms with Gasteiger partial charge in [-0.05, 0) is 47.4 Å². The van der Waals surface area contributed by atoms with E-state index in [1.807, 2.05) is 6.07 Å². The van der Waals surface area contributed by atoms with Crippen LogP contribution in [0.5, 0.6) is 5.75 Å². The van der Waals surface area contributed by atoms with E-state index in [-0.39, 0.29) is 5.56 Å². The van der Waals surface area contributed by atoms with Gasteiger partial charge in [0.2, 0.25) is 0 Å². The number of ether oxygens (including phenoxy) is 1. The van der Waals surface area contributed by atoms with Gasteiger partial charge < -0.3 is 9.84 Å². The van der Waals surface area contributed by atoms with Crippen LogP contribution in [0.3, 0.4) is 0 Å². The molecule has 5 rings (SSSR count). The minimum Gasteiger partial charge on any atom is -0.478 e. The first-order valence-electron chi connectivity index (χ1n) is 7.39. The fraction of sp³-hybridized carbons (Fsp3) is 0.0556. The first kappa shape index (κ1) is 13.4. The van der Waals surface area contributed by atoms with Crippen LogP contribution in [0.1, 0.15) is 21.5 Å². The van der Waals surface area contributed by atoms with Gasteiger partial charge in [-0.3, -0.25) is 0 Å². The van der Waals surface area contributed by atoms with E-state index in [9.17, 15) is 9.90 Å². The normalized spacial score (nSPS) is 14.8. The molecule has 24 heavy (non-hydrogen) atoms. The van der Waals surface area contributed by atoms with Gasteiger partial charge in [-0.25, -0.2) is 14.2 Å². The number of rotatable bonds is 1. The number of aliphatic imine (C=N–C) groups is 1. The summed E-state index contributed by atoms with van der Waals surface area (Å²) in [5.41, 5.74) is 5.91. The number of carbonyl (C=O) groups is 1. The Morgan fingerprint density at radius 1 is 1.25 bits per heavy atom. The second-order valence-corrected chi connectivity index (χ2v) is 6.52. The SMILES string of the molecule is O=C(O)c1ccc2c(c1)C1=Nc3cc4ccnsc-4c3CC1=CO2. The highest BCUT2D eigenvalue weighted by Crippen LogP contribution is 2.45. The topological polar surface area (TPSA) is 71.8 Å². The monoisotopic (exact) mass is 334 g/mol. The number of hydrogen-bond acceptors (Lipinski definition) is 5. The number of fused-ring (bicyclic) bond motifs is 6. The highest BCUT2D eigenvalue weighted by Gasteiger charge is 2.29. The summed E-state index contributed by atoms with van der Waals surface area (Å²) in [6, 6.07) is 8.88. The summed E-state index contributed by atoms with van der Waals surface area (Å²) in [6.45, 7) is 0. The molecule has 1 aliphatic carbocycles. The first-order valence-corrected chi connectivity index (χ1v) is 8.17. The molecule has 3 heterocycles. The van der Waals surface area contributed by atoms with Crippen molar-refractivity contribution in [1.82, 2.24) is 4.37 Å². The first-order chi connectivity index (χ1) is 11.7. The average molecular weight is 334 g/mol. The molecule has 0 saturated heterocycles. The molecule has 1 N–H and O–H groups in total. The van der Waals surface area contributed by atoms with Crippen molar-refractivity contribution >= 4 is 28.9 Å². The smallest absolute Gasteiger partial charge is 0.335 e. The van der Waals surface area contributed by atoms with Crippen molar-refractivity contribution in [2.45, 2.75) is 6.42 Å². The van der Waals surface area contributed by atoms with E-state index in [1.54, 1.807) is 30.7 Å². The Morgan fingerprint density at radius 3 is 3.04 bits per heavy atom. The van der Waals surface area contributed by atoms with Gasteiger partial charge in [0.05, 0.1) is 28.1 Å². The second-order valence-electron chi connectivity index (χ2n) is 5.72. The van der Waals surface area contributed by atoms with Gasteiger partial charge in [-0.15, -0.1) is 0 Å². The summed E-state index contributed by atoms with van der Waals surface area (Å²) in [7, 11) is 0. The van der Waals surface area contributed by atoms with Crippen LogP contribution < -0.4 is 4.74 Å². The molecule has 116 valence electrons. The highest BCUT2D eigenvalue weighted by atomic mass is 32.1. The minimum absolute atomic E-state index is 0.228. The van der Waals surface area contributed by atoms with E-state index < -0.39 is 5.97 Å². The fourth-order valence-corrected chi connectivity index (χ4v) is 3.92. The molecule has 0 radical (unpaired) electrons. The van der Waals surface area contributed by atoms with E-state index in [2.05, 4.69) is 10.4 Å². The number of aromatic nitrogens is 1. The third-order valence-corrected chi connectivity index (χ3v) is 5.20. The van der Waals surface area contributed by atoms with E-state index in [0.717, 1.165) is 38.5 Å². The number of allylic oxidation sites excluding steroid dienone is 1. The maximum atomic E-state index is 11.3. The lowest BCUT2D eigenvalue weighted by atomic mass is 9.92. The molecule has 6 heteroatoms. The van der Waals surface area contributed by atoms with Crippen LogP contribution >= 0.6 is 11.5 Å². The van der Waals surface area contributed by atoms with Gasteiger partial charge in [0.1, 0.15) is 5.75 Å². The molecule has 0 atom stereocenters. The Labute approximate surface area is 141 Å². The highest BCUT2D eigenvalue weighted by molar-refractivity contribution is 7.09. The summed E-state index contributed by atoms with van der Waals surface area (Å²) >= 11 is 1.46. The molecule has 0 spiro atoms. The van der Waals surface area contributed by atoms with Gasteiger partial charge in [0, 0.05) is 29.3 Å². The average Bonchev–Trinajstić information content (AvgIpc) is 2.97. The Morgan fingerprint density at radius 2 is 2.17 bits per heavy atom. The van der Waals surface area contributed by atoms with E-state index in [1.165, 1.54) is 11.5 Å². The Kier molecular flexibility index (Phi) is 2.66. The molecule has 1 aromatic carbocycles. The molecule has 0 bridgehead atoms. The summed E-state index contributed by atoms with van der Waals surface area (Å²) in [5, 5.41) is 9.23. The summed E-state index contributed by atoms with van der Waals surface area (Å²) in [6.07, 6.45) is 4.20. The van der Waals surface area contributed by atoms with Crippen molar-refractivity contribution < 1.29 is 14.6 Å². The third kappa shape index (κ3) is 1.83. The summed E-state index contributed by atoms with van der Waals surface area (Å²) in [4.78, 5) is 17.2. The molecule has 1 aromatic rings. The van der Waals surface area contributed by atoms with Gasteiger partial charge in [-0.1, -0.05) is 0 Å². The van der Waals surface area contributed by atoms with E-state index >= 15 is 0 Å². The fourth-order valence-electron chi connectivity index (χ4n) is 3.17. The standard InChI is InChI=1S/C18H10N2O3S/c21-18(22)10-1-2-15-13(5-10)16-11(8-23-15)6-12-14(20-16)7-9-3-4-19-24-17(9)12/h1-5,7-8H,6H2,(H,21,22). The molecule has 0 unspecified atom stereocenters. The van der Waals surface area contributed by atoms with Crippen LogP contribution in [-0.2, 0) is 6.42 Å². The molecule has 5 nitrogen and oxygen atoms in total. The largest absolute Gasteiger partial charge is 0.478 e. The van der Waals surface area contributed by atoms with Crippen molar-refractivity contribution in [2.24, 2.45) is 4.99 Å². The van der Waals surface area contributed by atoms with E-state index in [0.29, 0.717) is 12.2 Å². The molecule has 0 fully saturated rings. The Balaban J connectivity index is 1.73. The summed E-state index contributed by atoms with van der Waals surface area (Å²) < 4.78 is 9.92. The maximum absolute atomic E-state index is 11.3.